The number of ether oxygens (including phenoxy) is 2. The molecule has 19 heavy (non-hydrogen) atoms. The maximum atomic E-state index is 12.4. The molecule has 1 atom stereocenters. The molecule has 0 saturated carbocycles. The SMILES string of the molecule is COc1cccc(N2CCOC(CCCN)C2=O)c1. The van der Waals surface area contributed by atoms with Crippen LogP contribution < -0.4 is 15.4 Å². The van der Waals surface area contributed by atoms with Crippen LogP contribution in [-0.2, 0) is 9.53 Å². The first kappa shape index (κ1) is 13.8. The summed E-state index contributed by atoms with van der Waals surface area (Å²) in [6, 6.07) is 7.51. The standard InChI is InChI=1S/C14H20N2O3/c1-18-12-5-2-4-11(10-12)16-8-9-19-13(14(16)17)6-3-7-15/h2,4-5,10,13H,3,6-9,15H2,1H3. The number of morpholine rings is 1. The molecule has 1 aliphatic heterocycles. The monoisotopic (exact) mass is 264 g/mol. The molecular weight excluding hydrogens is 244 g/mol. The first-order valence-corrected chi connectivity index (χ1v) is 6.53. The van der Waals surface area contributed by atoms with Crippen LogP contribution in [0.25, 0.3) is 0 Å². The average molecular weight is 264 g/mol. The molecule has 0 spiro atoms. The second kappa shape index (κ2) is 6.54. The number of benzene rings is 1. The number of hydrogen-bond acceptors (Lipinski definition) is 4. The number of nitrogens with two attached hydrogens (primary N) is 1. The van der Waals surface area contributed by atoms with Crippen molar-refractivity contribution in [2.45, 2.75) is 18.9 Å². The third kappa shape index (κ3) is 3.24. The summed E-state index contributed by atoms with van der Waals surface area (Å²) in [7, 11) is 1.62. The van der Waals surface area contributed by atoms with Crippen LogP contribution in [0.2, 0.25) is 0 Å². The van der Waals surface area contributed by atoms with Gasteiger partial charge in [0, 0.05) is 18.3 Å². The van der Waals surface area contributed by atoms with E-state index >= 15 is 0 Å². The summed E-state index contributed by atoms with van der Waals surface area (Å²) < 4.78 is 10.7. The normalized spacial score (nSPS) is 19.6. The molecule has 0 aromatic heterocycles. The van der Waals surface area contributed by atoms with Gasteiger partial charge in [0.2, 0.25) is 0 Å². The number of hydrogen-bond donors (Lipinski definition) is 1. The molecule has 2 N–H and O–H groups in total. The zero-order chi connectivity index (χ0) is 13.7. The maximum absolute atomic E-state index is 12.4. The van der Waals surface area contributed by atoms with Crippen LogP contribution >= 0.6 is 0 Å². The second-order valence-electron chi connectivity index (χ2n) is 4.48. The quantitative estimate of drug-likeness (QED) is 0.867. The van der Waals surface area contributed by atoms with E-state index in [0.29, 0.717) is 26.1 Å². The van der Waals surface area contributed by atoms with E-state index in [1.54, 1.807) is 12.0 Å². The Hall–Kier alpha value is -1.59. The fourth-order valence-corrected chi connectivity index (χ4v) is 2.19. The molecule has 1 aliphatic rings. The van der Waals surface area contributed by atoms with E-state index in [4.69, 9.17) is 15.2 Å². The van der Waals surface area contributed by atoms with Crippen molar-refractivity contribution >= 4 is 11.6 Å². The third-order valence-corrected chi connectivity index (χ3v) is 3.21. The first-order chi connectivity index (χ1) is 9.26. The van der Waals surface area contributed by atoms with E-state index in [1.165, 1.54) is 0 Å². The molecule has 1 heterocycles. The molecule has 0 radical (unpaired) electrons. The molecule has 5 nitrogen and oxygen atoms in total. The second-order valence-corrected chi connectivity index (χ2v) is 4.48. The minimum Gasteiger partial charge on any atom is -0.497 e. The van der Waals surface area contributed by atoms with Gasteiger partial charge >= 0.3 is 0 Å². The Kier molecular flexibility index (Phi) is 4.76. The summed E-state index contributed by atoms with van der Waals surface area (Å²) in [5.41, 5.74) is 6.33. The molecule has 1 aromatic rings. The summed E-state index contributed by atoms with van der Waals surface area (Å²) in [6.07, 6.45) is 1.10. The summed E-state index contributed by atoms with van der Waals surface area (Å²) in [4.78, 5) is 14.1. The highest BCUT2D eigenvalue weighted by atomic mass is 16.5. The zero-order valence-corrected chi connectivity index (χ0v) is 11.2. The van der Waals surface area contributed by atoms with Gasteiger partial charge in [0.1, 0.15) is 11.9 Å². The predicted octanol–water partition coefficient (Wildman–Crippen LogP) is 1.17. The summed E-state index contributed by atoms with van der Waals surface area (Å²) >= 11 is 0. The highest BCUT2D eigenvalue weighted by Crippen LogP contribution is 2.24. The first-order valence-electron chi connectivity index (χ1n) is 6.53. The smallest absolute Gasteiger partial charge is 0.256 e. The Labute approximate surface area is 113 Å². The van der Waals surface area contributed by atoms with Crippen molar-refractivity contribution in [3.8, 4) is 5.75 Å². The molecule has 1 amide bonds. The van der Waals surface area contributed by atoms with Gasteiger partial charge in [0.15, 0.2) is 0 Å². The molecule has 1 unspecified atom stereocenters. The van der Waals surface area contributed by atoms with Gasteiger partial charge in [-0.15, -0.1) is 0 Å². The molecule has 1 saturated heterocycles. The number of nitrogens with zero attached hydrogens (tertiary/aromatic N) is 1. The van der Waals surface area contributed by atoms with Gasteiger partial charge in [-0.25, -0.2) is 0 Å². The number of methoxy groups -OCH3 is 1. The average Bonchev–Trinajstić information content (AvgIpc) is 2.46. The highest BCUT2D eigenvalue weighted by molar-refractivity contribution is 5.97. The van der Waals surface area contributed by atoms with Crippen molar-refractivity contribution < 1.29 is 14.3 Å². The minimum absolute atomic E-state index is 0.00736. The number of anilines is 1. The lowest BCUT2D eigenvalue weighted by molar-refractivity contribution is -0.134. The molecule has 0 aliphatic carbocycles. The Morgan fingerprint density at radius 1 is 1.53 bits per heavy atom. The van der Waals surface area contributed by atoms with Crippen LogP contribution in [0, 0.1) is 0 Å². The van der Waals surface area contributed by atoms with Crippen LogP contribution in [0.15, 0.2) is 24.3 Å². The maximum Gasteiger partial charge on any atom is 0.256 e. The highest BCUT2D eigenvalue weighted by Gasteiger charge is 2.30. The fraction of sp³-hybridized carbons (Fsp3) is 0.500. The van der Waals surface area contributed by atoms with Gasteiger partial charge in [-0.05, 0) is 31.5 Å². The van der Waals surface area contributed by atoms with Gasteiger partial charge in [-0.3, -0.25) is 4.79 Å². The molecule has 104 valence electrons. The summed E-state index contributed by atoms with van der Waals surface area (Å²) in [5, 5.41) is 0. The number of amides is 1. The van der Waals surface area contributed by atoms with Crippen LogP contribution in [-0.4, -0.2) is 38.8 Å². The Morgan fingerprint density at radius 3 is 3.11 bits per heavy atom. The van der Waals surface area contributed by atoms with E-state index in [-0.39, 0.29) is 12.0 Å². The van der Waals surface area contributed by atoms with Crippen LogP contribution in [0.4, 0.5) is 5.69 Å². The van der Waals surface area contributed by atoms with Crippen LogP contribution in [0.3, 0.4) is 0 Å². The van der Waals surface area contributed by atoms with Gasteiger partial charge in [-0.2, -0.15) is 0 Å². The van der Waals surface area contributed by atoms with Crippen molar-refractivity contribution in [3.63, 3.8) is 0 Å². The van der Waals surface area contributed by atoms with Crippen molar-refractivity contribution in [1.29, 1.82) is 0 Å². The van der Waals surface area contributed by atoms with E-state index in [2.05, 4.69) is 0 Å². The Bertz CT molecular complexity index is 436. The molecule has 1 aromatic carbocycles. The molecule has 1 fully saturated rings. The lowest BCUT2D eigenvalue weighted by Gasteiger charge is -2.32. The summed E-state index contributed by atoms with van der Waals surface area (Å²) in [5.74, 6) is 0.753. The fourth-order valence-electron chi connectivity index (χ4n) is 2.19. The van der Waals surface area contributed by atoms with Crippen molar-refractivity contribution in [1.82, 2.24) is 0 Å². The lowest BCUT2D eigenvalue weighted by Crippen LogP contribution is -2.48. The van der Waals surface area contributed by atoms with Crippen molar-refractivity contribution in [3.05, 3.63) is 24.3 Å². The van der Waals surface area contributed by atoms with Crippen LogP contribution in [0.5, 0.6) is 5.75 Å². The number of rotatable bonds is 5. The van der Waals surface area contributed by atoms with Crippen molar-refractivity contribution in [2.75, 3.05) is 31.7 Å². The minimum atomic E-state index is -0.372. The molecule has 5 heteroatoms. The number of carbonyl (C=O) groups excluding carboxylic acids is 1. The van der Waals surface area contributed by atoms with Crippen molar-refractivity contribution in [2.24, 2.45) is 5.73 Å². The van der Waals surface area contributed by atoms with Crippen LogP contribution in [0.1, 0.15) is 12.8 Å². The van der Waals surface area contributed by atoms with Gasteiger partial charge in [0.25, 0.3) is 5.91 Å². The third-order valence-electron chi connectivity index (χ3n) is 3.21. The lowest BCUT2D eigenvalue weighted by atomic mass is 10.1. The van der Waals surface area contributed by atoms with E-state index in [0.717, 1.165) is 17.9 Å². The van der Waals surface area contributed by atoms with Gasteiger partial charge < -0.3 is 20.1 Å². The summed E-state index contributed by atoms with van der Waals surface area (Å²) in [6.45, 7) is 1.70. The van der Waals surface area contributed by atoms with E-state index in [9.17, 15) is 4.79 Å². The van der Waals surface area contributed by atoms with Gasteiger partial charge in [-0.1, -0.05) is 6.07 Å². The molecule has 2 rings (SSSR count). The zero-order valence-electron chi connectivity index (χ0n) is 11.2. The topological polar surface area (TPSA) is 64.8 Å². The Morgan fingerprint density at radius 2 is 2.37 bits per heavy atom. The van der Waals surface area contributed by atoms with E-state index in [1.807, 2.05) is 24.3 Å². The predicted molar refractivity (Wildman–Crippen MR) is 73.4 cm³/mol. The Balaban J connectivity index is 2.12. The molecular formula is C14H20N2O3. The van der Waals surface area contributed by atoms with E-state index < -0.39 is 0 Å². The largest absolute Gasteiger partial charge is 0.497 e. The number of carbonyl (C=O) groups is 1. The van der Waals surface area contributed by atoms with Gasteiger partial charge in [0.05, 0.1) is 13.7 Å². The molecule has 0 bridgehead atoms.